The van der Waals surface area contributed by atoms with Crippen molar-refractivity contribution in [2.45, 2.75) is 18.9 Å². The van der Waals surface area contributed by atoms with Crippen LogP contribution in [0.3, 0.4) is 0 Å². The van der Waals surface area contributed by atoms with Crippen LogP contribution in [0.1, 0.15) is 12.8 Å². The summed E-state index contributed by atoms with van der Waals surface area (Å²) in [5.74, 6) is 1.64. The molecule has 0 saturated carbocycles. The van der Waals surface area contributed by atoms with Gasteiger partial charge in [-0.25, -0.2) is 4.98 Å². The Morgan fingerprint density at radius 1 is 1.21 bits per heavy atom. The van der Waals surface area contributed by atoms with Crippen LogP contribution in [0.25, 0.3) is 0 Å². The Morgan fingerprint density at radius 3 is 2.75 bits per heavy atom. The molecule has 1 aliphatic heterocycles. The molecule has 1 aliphatic rings. The van der Waals surface area contributed by atoms with Crippen LogP contribution in [-0.2, 0) is 9.53 Å². The van der Waals surface area contributed by atoms with Gasteiger partial charge >= 0.3 is 0 Å². The van der Waals surface area contributed by atoms with Crippen LogP contribution in [-0.4, -0.2) is 36.8 Å². The maximum atomic E-state index is 11.8. The van der Waals surface area contributed by atoms with Crippen molar-refractivity contribution in [1.29, 1.82) is 0 Å². The van der Waals surface area contributed by atoms with Crippen molar-refractivity contribution in [3.05, 3.63) is 48.7 Å². The van der Waals surface area contributed by atoms with Crippen molar-refractivity contribution in [1.82, 2.24) is 10.3 Å². The summed E-state index contributed by atoms with van der Waals surface area (Å²) < 4.78 is 16.5. The minimum Gasteiger partial charge on any atom is -0.484 e. The SMILES string of the molecule is O=C(COc1ccc(Oc2ccccn2)cc1)NCC1CCCO1. The number of hydrogen-bond donors (Lipinski definition) is 1. The fourth-order valence-electron chi connectivity index (χ4n) is 2.37. The third-order valence-electron chi connectivity index (χ3n) is 3.60. The summed E-state index contributed by atoms with van der Waals surface area (Å²) in [4.78, 5) is 15.8. The van der Waals surface area contributed by atoms with E-state index < -0.39 is 0 Å². The Morgan fingerprint density at radius 2 is 2.04 bits per heavy atom. The average Bonchev–Trinajstić information content (AvgIpc) is 3.14. The Balaban J connectivity index is 1.41. The summed E-state index contributed by atoms with van der Waals surface area (Å²) in [6.07, 6.45) is 3.86. The maximum absolute atomic E-state index is 11.8. The summed E-state index contributed by atoms with van der Waals surface area (Å²) in [5, 5.41) is 2.82. The fourth-order valence-corrected chi connectivity index (χ4v) is 2.37. The molecule has 1 atom stereocenters. The largest absolute Gasteiger partial charge is 0.484 e. The number of hydrogen-bond acceptors (Lipinski definition) is 5. The highest BCUT2D eigenvalue weighted by Crippen LogP contribution is 2.22. The molecule has 6 nitrogen and oxygen atoms in total. The molecule has 126 valence electrons. The monoisotopic (exact) mass is 328 g/mol. The van der Waals surface area contributed by atoms with Crippen LogP contribution in [0.4, 0.5) is 0 Å². The highest BCUT2D eigenvalue weighted by atomic mass is 16.5. The molecule has 0 spiro atoms. The fraction of sp³-hybridized carbons (Fsp3) is 0.333. The second kappa shape index (κ2) is 8.31. The number of benzene rings is 1. The van der Waals surface area contributed by atoms with E-state index in [0.717, 1.165) is 19.4 Å². The average molecular weight is 328 g/mol. The topological polar surface area (TPSA) is 69.7 Å². The number of aromatic nitrogens is 1. The number of ether oxygens (including phenoxy) is 3. The lowest BCUT2D eigenvalue weighted by Gasteiger charge is -2.11. The van der Waals surface area contributed by atoms with E-state index in [0.29, 0.717) is 23.9 Å². The predicted molar refractivity (Wildman–Crippen MR) is 88.2 cm³/mol. The normalized spacial score (nSPS) is 16.6. The lowest BCUT2D eigenvalue weighted by Crippen LogP contribution is -2.35. The molecule has 2 aromatic rings. The maximum Gasteiger partial charge on any atom is 0.258 e. The first-order valence-electron chi connectivity index (χ1n) is 8.00. The highest BCUT2D eigenvalue weighted by molar-refractivity contribution is 5.77. The number of carbonyl (C=O) groups is 1. The van der Waals surface area contributed by atoms with Gasteiger partial charge in [0.15, 0.2) is 6.61 Å². The van der Waals surface area contributed by atoms with Crippen molar-refractivity contribution in [2.24, 2.45) is 0 Å². The first-order chi connectivity index (χ1) is 11.8. The minimum atomic E-state index is -0.153. The molecule has 24 heavy (non-hydrogen) atoms. The predicted octanol–water partition coefficient (Wildman–Crippen LogP) is 2.55. The van der Waals surface area contributed by atoms with Gasteiger partial charge in [-0.15, -0.1) is 0 Å². The smallest absolute Gasteiger partial charge is 0.258 e. The second-order valence-corrected chi connectivity index (χ2v) is 5.47. The zero-order valence-corrected chi connectivity index (χ0v) is 13.3. The molecule has 1 N–H and O–H groups in total. The van der Waals surface area contributed by atoms with E-state index in [2.05, 4.69) is 10.3 Å². The van der Waals surface area contributed by atoms with E-state index in [9.17, 15) is 4.79 Å². The molecule has 1 aromatic heterocycles. The Bertz CT molecular complexity index is 640. The van der Waals surface area contributed by atoms with E-state index >= 15 is 0 Å². The third kappa shape index (κ3) is 4.96. The van der Waals surface area contributed by atoms with E-state index in [4.69, 9.17) is 14.2 Å². The molecule has 6 heteroatoms. The van der Waals surface area contributed by atoms with Crippen LogP contribution in [0, 0.1) is 0 Å². The van der Waals surface area contributed by atoms with Gasteiger partial charge in [-0.05, 0) is 43.2 Å². The van der Waals surface area contributed by atoms with Gasteiger partial charge in [0.25, 0.3) is 5.91 Å². The van der Waals surface area contributed by atoms with E-state index in [1.807, 2.05) is 12.1 Å². The van der Waals surface area contributed by atoms with Crippen LogP contribution < -0.4 is 14.8 Å². The van der Waals surface area contributed by atoms with Crippen LogP contribution in [0.5, 0.6) is 17.4 Å². The van der Waals surface area contributed by atoms with Crippen molar-refractivity contribution in [3.8, 4) is 17.4 Å². The lowest BCUT2D eigenvalue weighted by atomic mass is 10.2. The highest BCUT2D eigenvalue weighted by Gasteiger charge is 2.16. The van der Waals surface area contributed by atoms with Crippen LogP contribution >= 0.6 is 0 Å². The molecule has 1 unspecified atom stereocenters. The lowest BCUT2D eigenvalue weighted by molar-refractivity contribution is -0.123. The summed E-state index contributed by atoms with van der Waals surface area (Å²) in [6, 6.07) is 12.5. The Hall–Kier alpha value is -2.60. The molecule has 0 bridgehead atoms. The molecular weight excluding hydrogens is 308 g/mol. The molecule has 2 heterocycles. The molecule has 1 saturated heterocycles. The summed E-state index contributed by atoms with van der Waals surface area (Å²) in [5.41, 5.74) is 0. The number of pyridine rings is 1. The molecule has 1 fully saturated rings. The van der Waals surface area contributed by atoms with Gasteiger partial charge in [-0.1, -0.05) is 6.07 Å². The van der Waals surface area contributed by atoms with Crippen molar-refractivity contribution >= 4 is 5.91 Å². The Kier molecular flexibility index (Phi) is 5.63. The molecule has 0 radical (unpaired) electrons. The van der Waals surface area contributed by atoms with Crippen molar-refractivity contribution in [2.75, 3.05) is 19.8 Å². The van der Waals surface area contributed by atoms with Crippen LogP contribution in [0.2, 0.25) is 0 Å². The molecular formula is C18H20N2O4. The van der Waals surface area contributed by atoms with Gasteiger partial charge in [-0.2, -0.15) is 0 Å². The van der Waals surface area contributed by atoms with Crippen molar-refractivity contribution < 1.29 is 19.0 Å². The Labute approximate surface area is 140 Å². The number of amides is 1. The minimum absolute atomic E-state index is 0.0207. The van der Waals surface area contributed by atoms with E-state index in [1.54, 1.807) is 36.5 Å². The molecule has 1 amide bonds. The molecule has 0 aliphatic carbocycles. The van der Waals surface area contributed by atoms with Crippen molar-refractivity contribution in [3.63, 3.8) is 0 Å². The second-order valence-electron chi connectivity index (χ2n) is 5.47. The standard InChI is InChI=1S/C18H20N2O4/c21-17(20-12-16-4-3-11-22-16)13-23-14-6-8-15(9-7-14)24-18-5-1-2-10-19-18/h1-2,5-10,16H,3-4,11-13H2,(H,20,21). The van der Waals surface area contributed by atoms with E-state index in [-0.39, 0.29) is 18.6 Å². The van der Waals surface area contributed by atoms with Gasteiger partial charge in [0.1, 0.15) is 11.5 Å². The number of carbonyl (C=O) groups excluding carboxylic acids is 1. The molecule has 1 aromatic carbocycles. The summed E-state index contributed by atoms with van der Waals surface area (Å²) in [7, 11) is 0. The number of rotatable bonds is 7. The number of nitrogens with zero attached hydrogens (tertiary/aromatic N) is 1. The van der Waals surface area contributed by atoms with Crippen LogP contribution in [0.15, 0.2) is 48.7 Å². The van der Waals surface area contributed by atoms with Gasteiger partial charge in [0.2, 0.25) is 5.88 Å². The zero-order chi connectivity index (χ0) is 16.6. The van der Waals surface area contributed by atoms with Gasteiger partial charge < -0.3 is 19.5 Å². The summed E-state index contributed by atoms with van der Waals surface area (Å²) >= 11 is 0. The first-order valence-corrected chi connectivity index (χ1v) is 8.00. The summed E-state index contributed by atoms with van der Waals surface area (Å²) in [6.45, 7) is 1.30. The zero-order valence-electron chi connectivity index (χ0n) is 13.3. The third-order valence-corrected chi connectivity index (χ3v) is 3.60. The number of nitrogens with one attached hydrogen (secondary N) is 1. The van der Waals surface area contributed by atoms with Gasteiger partial charge in [0.05, 0.1) is 6.10 Å². The van der Waals surface area contributed by atoms with Gasteiger partial charge in [0, 0.05) is 25.4 Å². The molecule has 3 rings (SSSR count). The van der Waals surface area contributed by atoms with Gasteiger partial charge in [-0.3, -0.25) is 4.79 Å². The quantitative estimate of drug-likeness (QED) is 0.846. The van der Waals surface area contributed by atoms with E-state index in [1.165, 1.54) is 0 Å². The first kappa shape index (κ1) is 16.3.